The molecule has 0 aliphatic carbocycles. The average molecular weight is 450 g/mol. The van der Waals surface area contributed by atoms with E-state index in [1.165, 1.54) is 0 Å². The van der Waals surface area contributed by atoms with Crippen LogP contribution in [0, 0.1) is 20.8 Å². The van der Waals surface area contributed by atoms with Gasteiger partial charge in [-0.1, -0.05) is 47.8 Å². The molecule has 2 atom stereocenters. The Morgan fingerprint density at radius 3 is 2.80 bits per heavy atom. The second kappa shape index (κ2) is 9.35. The van der Waals surface area contributed by atoms with Crippen LogP contribution in [0.15, 0.2) is 24.3 Å². The first-order chi connectivity index (χ1) is 9.58. The van der Waals surface area contributed by atoms with E-state index in [9.17, 15) is 4.79 Å². The molecule has 1 rings (SSSR count). The molecule has 0 bridgehead atoms. The maximum Gasteiger partial charge on any atom is 0.325 e. The summed E-state index contributed by atoms with van der Waals surface area (Å²) in [4.78, 5) is 11.6. The van der Waals surface area contributed by atoms with Crippen LogP contribution >= 0.6 is 38.5 Å². The van der Waals surface area contributed by atoms with Crippen molar-refractivity contribution in [1.82, 2.24) is 0 Å². The Labute approximate surface area is 142 Å². The van der Waals surface area contributed by atoms with E-state index in [0.717, 1.165) is 22.8 Å². The largest absolute Gasteiger partial charge is 0.425 e. The standard InChI is InChI=1S/C15H17BrINO2/c1-2-3-6-11(10-18)9-12(16)15(19)20-14-8-5-4-7-13(14)17/h4-5,7-8,11-12H,2-3,6,9H2,1H3. The molecular weight excluding hydrogens is 433 g/mol. The summed E-state index contributed by atoms with van der Waals surface area (Å²) >= 11 is 5.45. The van der Waals surface area contributed by atoms with E-state index in [4.69, 9.17) is 10.00 Å². The highest BCUT2D eigenvalue weighted by molar-refractivity contribution is 14.1. The summed E-state index contributed by atoms with van der Waals surface area (Å²) in [5.74, 6) is 0.109. The molecule has 0 aliphatic rings. The molecule has 0 saturated heterocycles. The summed E-state index contributed by atoms with van der Waals surface area (Å²) in [5, 5.41) is 9.09. The highest BCUT2D eigenvalue weighted by atomic mass is 127. The Morgan fingerprint density at radius 1 is 1.50 bits per heavy atom. The number of nitrogens with zero attached hydrogens (tertiary/aromatic N) is 1. The van der Waals surface area contributed by atoms with Crippen molar-refractivity contribution in [3.8, 4) is 11.8 Å². The van der Waals surface area contributed by atoms with Crippen LogP contribution in [0.3, 0.4) is 0 Å². The SMILES string of the molecule is CCCCC(C#N)CC(Br)C(=O)Oc1ccccc1I. The van der Waals surface area contributed by atoms with Crippen LogP contribution in [0.25, 0.3) is 0 Å². The normalized spacial score (nSPS) is 13.3. The number of unbranched alkanes of at least 4 members (excludes halogenated alkanes) is 1. The zero-order valence-corrected chi connectivity index (χ0v) is 15.1. The number of carbonyl (C=O) groups excluding carboxylic acids is 1. The summed E-state index contributed by atoms with van der Waals surface area (Å²) in [7, 11) is 0. The number of esters is 1. The Kier molecular flexibility index (Phi) is 8.15. The Morgan fingerprint density at radius 2 is 2.20 bits per heavy atom. The number of carbonyl (C=O) groups is 1. The van der Waals surface area contributed by atoms with Crippen molar-refractivity contribution >= 4 is 44.5 Å². The number of hydrogen-bond donors (Lipinski definition) is 0. The molecule has 0 radical (unpaired) electrons. The van der Waals surface area contributed by atoms with Gasteiger partial charge in [-0.15, -0.1) is 0 Å². The Bertz CT molecular complexity index is 487. The third-order valence-electron chi connectivity index (χ3n) is 2.88. The molecule has 1 aromatic rings. The fourth-order valence-corrected chi connectivity index (χ4v) is 2.77. The maximum absolute atomic E-state index is 12.0. The Hall–Kier alpha value is -0.610. The monoisotopic (exact) mass is 449 g/mol. The van der Waals surface area contributed by atoms with Gasteiger partial charge in [0.1, 0.15) is 10.6 Å². The van der Waals surface area contributed by atoms with Gasteiger partial charge in [-0.05, 0) is 47.6 Å². The molecule has 5 heteroatoms. The summed E-state index contributed by atoms with van der Waals surface area (Å²) < 4.78 is 6.24. The van der Waals surface area contributed by atoms with E-state index in [1.54, 1.807) is 6.07 Å². The molecule has 0 fully saturated rings. The van der Waals surface area contributed by atoms with Crippen molar-refractivity contribution in [2.45, 2.75) is 37.4 Å². The van der Waals surface area contributed by atoms with Crippen LogP contribution in [0.2, 0.25) is 0 Å². The summed E-state index contributed by atoms with van der Waals surface area (Å²) in [5.41, 5.74) is 0. The third-order valence-corrected chi connectivity index (χ3v) is 4.52. The minimum absolute atomic E-state index is 0.110. The van der Waals surface area contributed by atoms with Crippen LogP contribution in [-0.4, -0.2) is 10.8 Å². The second-order valence-corrected chi connectivity index (χ2v) is 6.79. The van der Waals surface area contributed by atoms with Gasteiger partial charge < -0.3 is 4.74 Å². The number of alkyl halides is 1. The van der Waals surface area contributed by atoms with E-state index in [0.29, 0.717) is 12.2 Å². The van der Waals surface area contributed by atoms with Crippen LogP contribution < -0.4 is 4.74 Å². The van der Waals surface area contributed by atoms with Crippen molar-refractivity contribution in [2.75, 3.05) is 0 Å². The maximum atomic E-state index is 12.0. The van der Waals surface area contributed by atoms with Gasteiger partial charge in [0.05, 0.1) is 9.64 Å². The lowest BCUT2D eigenvalue weighted by Crippen LogP contribution is -2.23. The molecule has 2 unspecified atom stereocenters. The fourth-order valence-electron chi connectivity index (χ4n) is 1.73. The average Bonchev–Trinajstić information content (AvgIpc) is 2.45. The van der Waals surface area contributed by atoms with Gasteiger partial charge >= 0.3 is 5.97 Å². The quantitative estimate of drug-likeness (QED) is 0.263. The van der Waals surface area contributed by atoms with E-state index in [2.05, 4.69) is 51.5 Å². The molecule has 0 aliphatic heterocycles. The highest BCUT2D eigenvalue weighted by Gasteiger charge is 2.22. The molecule has 0 saturated carbocycles. The van der Waals surface area contributed by atoms with Crippen molar-refractivity contribution in [3.63, 3.8) is 0 Å². The van der Waals surface area contributed by atoms with Gasteiger partial charge in [0.15, 0.2) is 0 Å². The number of ether oxygens (including phenoxy) is 1. The summed E-state index contributed by atoms with van der Waals surface area (Å²) in [6.07, 6.45) is 3.37. The van der Waals surface area contributed by atoms with Gasteiger partial charge in [0.2, 0.25) is 0 Å². The van der Waals surface area contributed by atoms with Gasteiger partial charge in [-0.25, -0.2) is 0 Å². The minimum Gasteiger partial charge on any atom is -0.425 e. The number of para-hydroxylation sites is 1. The molecular formula is C15H17BrINO2. The lowest BCUT2D eigenvalue weighted by Gasteiger charge is -2.13. The highest BCUT2D eigenvalue weighted by Crippen LogP contribution is 2.23. The van der Waals surface area contributed by atoms with E-state index in [-0.39, 0.29) is 11.9 Å². The number of nitriles is 1. The fraction of sp³-hybridized carbons (Fsp3) is 0.467. The lowest BCUT2D eigenvalue weighted by molar-refractivity contribution is -0.133. The molecule has 0 N–H and O–H groups in total. The molecule has 0 spiro atoms. The Balaban J connectivity index is 2.55. The number of halogens is 2. The second-order valence-electron chi connectivity index (χ2n) is 4.52. The van der Waals surface area contributed by atoms with Gasteiger partial charge in [-0.2, -0.15) is 5.26 Å². The number of benzene rings is 1. The topological polar surface area (TPSA) is 50.1 Å². The molecule has 0 amide bonds. The van der Waals surface area contributed by atoms with Gasteiger partial charge in [-0.3, -0.25) is 4.79 Å². The van der Waals surface area contributed by atoms with Crippen molar-refractivity contribution in [3.05, 3.63) is 27.8 Å². The summed E-state index contributed by atoms with van der Waals surface area (Å²) in [6, 6.07) is 9.62. The molecule has 0 heterocycles. The van der Waals surface area contributed by atoms with E-state index < -0.39 is 4.83 Å². The predicted octanol–water partition coefficient (Wildman–Crippen LogP) is 4.68. The van der Waals surface area contributed by atoms with Crippen LogP contribution in [0.5, 0.6) is 5.75 Å². The van der Waals surface area contributed by atoms with Crippen LogP contribution in [-0.2, 0) is 4.79 Å². The van der Waals surface area contributed by atoms with Crippen molar-refractivity contribution < 1.29 is 9.53 Å². The van der Waals surface area contributed by atoms with Crippen molar-refractivity contribution in [1.29, 1.82) is 5.26 Å². The molecule has 20 heavy (non-hydrogen) atoms. The van der Waals surface area contributed by atoms with E-state index >= 15 is 0 Å². The number of rotatable bonds is 7. The van der Waals surface area contributed by atoms with Gasteiger partial charge in [0.25, 0.3) is 0 Å². The molecule has 108 valence electrons. The zero-order valence-electron chi connectivity index (χ0n) is 11.3. The first-order valence-electron chi connectivity index (χ1n) is 6.58. The molecule has 0 aromatic heterocycles. The third kappa shape index (κ3) is 5.80. The molecule has 3 nitrogen and oxygen atoms in total. The lowest BCUT2D eigenvalue weighted by atomic mass is 9.98. The smallest absolute Gasteiger partial charge is 0.325 e. The molecule has 1 aromatic carbocycles. The van der Waals surface area contributed by atoms with Gasteiger partial charge in [0, 0.05) is 5.92 Å². The zero-order chi connectivity index (χ0) is 15.0. The summed E-state index contributed by atoms with van der Waals surface area (Å²) in [6.45, 7) is 2.09. The predicted molar refractivity (Wildman–Crippen MR) is 90.8 cm³/mol. The first-order valence-corrected chi connectivity index (χ1v) is 8.57. The van der Waals surface area contributed by atoms with Crippen LogP contribution in [0.1, 0.15) is 32.6 Å². The number of hydrogen-bond acceptors (Lipinski definition) is 3. The van der Waals surface area contributed by atoms with Crippen molar-refractivity contribution in [2.24, 2.45) is 5.92 Å². The first kappa shape index (κ1) is 17.4. The minimum atomic E-state index is -0.444. The van der Waals surface area contributed by atoms with Crippen LogP contribution in [0.4, 0.5) is 0 Å². The van der Waals surface area contributed by atoms with E-state index in [1.807, 2.05) is 18.2 Å².